The molecule has 0 aliphatic carbocycles. The van der Waals surface area contributed by atoms with Gasteiger partial charge in [0.25, 0.3) is 0 Å². The summed E-state index contributed by atoms with van der Waals surface area (Å²) in [6, 6.07) is -0.521. The van der Waals surface area contributed by atoms with Gasteiger partial charge in [0.15, 0.2) is 0 Å². The number of carbonyl (C=O) groups is 1. The Bertz CT molecular complexity index is 295. The molecule has 1 amide bonds. The molecule has 2 unspecified atom stereocenters. The summed E-state index contributed by atoms with van der Waals surface area (Å²) >= 11 is 0. The van der Waals surface area contributed by atoms with E-state index >= 15 is 0 Å². The van der Waals surface area contributed by atoms with Crippen molar-refractivity contribution in [1.29, 1.82) is 0 Å². The number of hydrogen-bond donors (Lipinski definition) is 5. The van der Waals surface area contributed by atoms with Crippen molar-refractivity contribution >= 4 is 11.6 Å². The zero-order valence-electron chi connectivity index (χ0n) is 10.6. The van der Waals surface area contributed by atoms with E-state index in [1.807, 2.05) is 0 Å². The lowest BCUT2D eigenvalue weighted by molar-refractivity contribution is -0.121. The Hall–Kier alpha value is -1.02. The fourth-order valence-corrected chi connectivity index (χ4v) is 1.84. The maximum atomic E-state index is 11.2. The number of nitrogens with zero attached hydrogens (tertiary/aromatic N) is 1. The summed E-state index contributed by atoms with van der Waals surface area (Å²) < 4.78 is 0. The van der Waals surface area contributed by atoms with E-state index < -0.39 is 18.2 Å². The maximum Gasteiger partial charge on any atom is 0.234 e. The lowest BCUT2D eigenvalue weighted by Crippen LogP contribution is -2.46. The van der Waals surface area contributed by atoms with Gasteiger partial charge in [-0.25, -0.2) is 0 Å². The van der Waals surface area contributed by atoms with Crippen molar-refractivity contribution in [2.75, 3.05) is 19.8 Å². The Labute approximate surface area is 107 Å². The Morgan fingerprint density at radius 2 is 2.33 bits per heavy atom. The van der Waals surface area contributed by atoms with Gasteiger partial charge < -0.3 is 16.6 Å². The average molecular weight is 257 g/mol. The number of nitrogens with one attached hydrogen (secondary N) is 2. The average Bonchev–Trinajstić information content (AvgIpc) is 2.84. The number of aliphatic hydroxyl groups excluding tert-OH is 1. The summed E-state index contributed by atoms with van der Waals surface area (Å²) in [6.45, 7) is 1.93. The normalized spacial score (nSPS) is 18.4. The zero-order chi connectivity index (χ0) is 13.4. The topological polar surface area (TPSA) is 126 Å². The summed E-state index contributed by atoms with van der Waals surface area (Å²) in [4.78, 5) is 15.4. The first-order chi connectivity index (χ1) is 8.63. The van der Waals surface area contributed by atoms with Gasteiger partial charge in [-0.2, -0.15) is 0 Å². The number of aliphatic imine (C=N–C) groups is 1. The van der Waals surface area contributed by atoms with Gasteiger partial charge in [-0.1, -0.05) is 0 Å². The van der Waals surface area contributed by atoms with Crippen LogP contribution in [0, 0.1) is 0 Å². The quantitative estimate of drug-likeness (QED) is 0.314. The van der Waals surface area contributed by atoms with Gasteiger partial charge in [-0.3, -0.25) is 20.4 Å². The molecule has 2 atom stereocenters. The maximum absolute atomic E-state index is 11.2. The molecule has 0 radical (unpaired) electrons. The molecule has 7 heteroatoms. The predicted octanol–water partition coefficient (Wildman–Crippen LogP) is -1.73. The van der Waals surface area contributed by atoms with E-state index in [4.69, 9.17) is 11.5 Å². The van der Waals surface area contributed by atoms with Crippen molar-refractivity contribution in [3.63, 3.8) is 0 Å². The summed E-state index contributed by atoms with van der Waals surface area (Å²) in [7, 11) is 0. The van der Waals surface area contributed by atoms with Crippen LogP contribution in [0.2, 0.25) is 0 Å². The second kappa shape index (κ2) is 8.15. The molecule has 0 aromatic rings. The van der Waals surface area contributed by atoms with Crippen molar-refractivity contribution in [2.45, 2.75) is 38.0 Å². The molecule has 0 bridgehead atoms. The fraction of sp³-hybridized carbons (Fsp3) is 0.818. The highest BCUT2D eigenvalue weighted by Gasteiger charge is 2.18. The van der Waals surface area contributed by atoms with E-state index in [-0.39, 0.29) is 0 Å². The summed E-state index contributed by atoms with van der Waals surface area (Å²) in [5.41, 5.74) is 11.7. The molecular weight excluding hydrogens is 234 g/mol. The van der Waals surface area contributed by atoms with Crippen LogP contribution in [0.15, 0.2) is 4.99 Å². The van der Waals surface area contributed by atoms with Gasteiger partial charge >= 0.3 is 0 Å². The van der Waals surface area contributed by atoms with Crippen LogP contribution >= 0.6 is 0 Å². The first-order valence-corrected chi connectivity index (χ1v) is 6.30. The van der Waals surface area contributed by atoms with Crippen LogP contribution in [0.25, 0.3) is 0 Å². The molecule has 0 spiro atoms. The highest BCUT2D eigenvalue weighted by molar-refractivity contribution is 5.87. The molecule has 18 heavy (non-hydrogen) atoms. The van der Waals surface area contributed by atoms with Gasteiger partial charge in [0.2, 0.25) is 5.91 Å². The highest BCUT2D eigenvalue weighted by atomic mass is 16.3. The van der Waals surface area contributed by atoms with Crippen LogP contribution in [-0.2, 0) is 4.79 Å². The summed E-state index contributed by atoms with van der Waals surface area (Å²) in [5.74, 6) is -0.456. The van der Waals surface area contributed by atoms with Crippen LogP contribution in [0.3, 0.4) is 0 Å². The molecule has 104 valence electrons. The van der Waals surface area contributed by atoms with E-state index in [2.05, 4.69) is 15.6 Å². The second-order valence-corrected chi connectivity index (χ2v) is 4.42. The van der Waals surface area contributed by atoms with Crippen LogP contribution in [0.5, 0.6) is 0 Å². The minimum atomic E-state index is -0.747. The minimum Gasteiger partial charge on any atom is -0.379 e. The summed E-state index contributed by atoms with van der Waals surface area (Å²) in [5, 5.41) is 15.7. The van der Waals surface area contributed by atoms with Crippen molar-refractivity contribution in [3.8, 4) is 0 Å². The van der Waals surface area contributed by atoms with Crippen LogP contribution in [0.1, 0.15) is 25.7 Å². The second-order valence-electron chi connectivity index (χ2n) is 4.42. The fourth-order valence-electron chi connectivity index (χ4n) is 1.84. The molecule has 7 N–H and O–H groups in total. The molecule has 1 aliphatic rings. The molecule has 0 aromatic carbocycles. The highest BCUT2D eigenvalue weighted by Crippen LogP contribution is 2.03. The van der Waals surface area contributed by atoms with Gasteiger partial charge in [0.1, 0.15) is 6.23 Å². The number of amides is 1. The number of primary amides is 1. The standard InChI is InChI=1S/C11H23N5O2/c12-5-1-2-9(11(13)18)16-10(17)4-3-8-6-14-7-15-8/h9-10,14,16-17H,1-7,12H2,(H2,13,18). The number of carbonyl (C=O) groups excluding carboxylic acids is 1. The number of hydrogen-bond acceptors (Lipinski definition) is 6. The molecular formula is C11H23N5O2. The molecule has 7 nitrogen and oxygen atoms in total. The Kier molecular flexibility index (Phi) is 6.81. The molecule has 1 rings (SSSR count). The van der Waals surface area contributed by atoms with E-state index in [0.29, 0.717) is 38.9 Å². The predicted molar refractivity (Wildman–Crippen MR) is 70.0 cm³/mol. The smallest absolute Gasteiger partial charge is 0.234 e. The van der Waals surface area contributed by atoms with Crippen LogP contribution in [0.4, 0.5) is 0 Å². The Morgan fingerprint density at radius 3 is 2.89 bits per heavy atom. The third kappa shape index (κ3) is 5.54. The zero-order valence-corrected chi connectivity index (χ0v) is 10.6. The molecule has 1 heterocycles. The van der Waals surface area contributed by atoms with Crippen LogP contribution < -0.4 is 22.1 Å². The first kappa shape index (κ1) is 15.0. The van der Waals surface area contributed by atoms with Gasteiger partial charge in [-0.15, -0.1) is 0 Å². The Morgan fingerprint density at radius 1 is 1.56 bits per heavy atom. The van der Waals surface area contributed by atoms with Gasteiger partial charge in [-0.05, 0) is 32.2 Å². The van der Waals surface area contributed by atoms with Crippen molar-refractivity contribution in [3.05, 3.63) is 0 Å². The molecule has 0 saturated carbocycles. The molecule has 0 fully saturated rings. The molecule has 0 saturated heterocycles. The van der Waals surface area contributed by atoms with Crippen LogP contribution in [-0.4, -0.2) is 48.8 Å². The molecule has 0 aromatic heterocycles. The lowest BCUT2D eigenvalue weighted by atomic mass is 10.1. The minimum absolute atomic E-state index is 0.456. The van der Waals surface area contributed by atoms with E-state index in [1.165, 1.54) is 0 Å². The van der Waals surface area contributed by atoms with Crippen molar-refractivity contribution < 1.29 is 9.90 Å². The third-order valence-corrected chi connectivity index (χ3v) is 2.88. The number of nitrogens with two attached hydrogens (primary N) is 2. The van der Waals surface area contributed by atoms with E-state index in [0.717, 1.165) is 12.3 Å². The Balaban J connectivity index is 2.26. The SMILES string of the molecule is NCCCC(NC(O)CCC1=NCNC1)C(N)=O. The first-order valence-electron chi connectivity index (χ1n) is 6.30. The van der Waals surface area contributed by atoms with Gasteiger partial charge in [0, 0.05) is 12.3 Å². The summed E-state index contributed by atoms with van der Waals surface area (Å²) in [6.07, 6.45) is 1.73. The number of aliphatic hydroxyl groups is 1. The lowest BCUT2D eigenvalue weighted by Gasteiger charge is -2.19. The third-order valence-electron chi connectivity index (χ3n) is 2.88. The monoisotopic (exact) mass is 257 g/mol. The van der Waals surface area contributed by atoms with Crippen molar-refractivity contribution in [2.24, 2.45) is 16.5 Å². The van der Waals surface area contributed by atoms with E-state index in [9.17, 15) is 9.90 Å². The largest absolute Gasteiger partial charge is 0.379 e. The number of rotatable bonds is 9. The van der Waals surface area contributed by atoms with Gasteiger partial charge in [0.05, 0.1) is 12.7 Å². The van der Waals surface area contributed by atoms with E-state index in [1.54, 1.807) is 0 Å². The molecule has 1 aliphatic heterocycles. The van der Waals surface area contributed by atoms with Crippen molar-refractivity contribution in [1.82, 2.24) is 10.6 Å².